The minimum absolute atomic E-state index is 0.0194. The Balaban J connectivity index is 1.22. The van der Waals surface area contributed by atoms with Crippen molar-refractivity contribution in [2.24, 2.45) is 0 Å². The molecule has 0 spiro atoms. The third-order valence-electron chi connectivity index (χ3n) is 5.79. The van der Waals surface area contributed by atoms with Gasteiger partial charge in [-0.25, -0.2) is 0 Å². The quantitative estimate of drug-likeness (QED) is 0.468. The van der Waals surface area contributed by atoms with Crippen molar-refractivity contribution in [2.45, 2.75) is 19.6 Å². The van der Waals surface area contributed by atoms with Crippen molar-refractivity contribution in [1.29, 1.82) is 0 Å². The zero-order chi connectivity index (χ0) is 24.3. The molecule has 182 valence electrons. The highest BCUT2D eigenvalue weighted by atomic mass is 16.5. The summed E-state index contributed by atoms with van der Waals surface area (Å²) in [5.74, 6) is 0.638. The Labute approximate surface area is 206 Å². The Bertz CT molecular complexity index is 1100. The first-order chi connectivity index (χ1) is 17.2. The Kier molecular flexibility index (Phi) is 8.86. The molecule has 1 aliphatic heterocycles. The number of anilines is 1. The van der Waals surface area contributed by atoms with Crippen LogP contribution in [0, 0.1) is 0 Å². The van der Waals surface area contributed by atoms with Crippen molar-refractivity contribution in [3.8, 4) is 5.75 Å². The second-order valence-corrected chi connectivity index (χ2v) is 8.43. The summed E-state index contributed by atoms with van der Waals surface area (Å²) in [6.45, 7) is 4.72. The molecule has 1 heterocycles. The topological polar surface area (TPSA) is 79.9 Å². The number of amides is 2. The molecule has 0 saturated carbocycles. The highest BCUT2D eigenvalue weighted by Crippen LogP contribution is 2.14. The molecule has 2 N–H and O–H groups in total. The first kappa shape index (κ1) is 24.4. The molecule has 0 radical (unpaired) electrons. The highest BCUT2D eigenvalue weighted by molar-refractivity contribution is 5.94. The zero-order valence-electron chi connectivity index (χ0n) is 19.7. The lowest BCUT2D eigenvalue weighted by Crippen LogP contribution is -2.38. The lowest BCUT2D eigenvalue weighted by Gasteiger charge is -2.26. The van der Waals surface area contributed by atoms with E-state index in [2.05, 4.69) is 15.5 Å². The van der Waals surface area contributed by atoms with E-state index in [1.54, 1.807) is 12.1 Å². The molecule has 1 fully saturated rings. The SMILES string of the molecule is O=C(CCN1CCOCC1)Nc1cccc(CNC(=O)c2ccc(COc3ccccc3)cc2)c1. The van der Waals surface area contributed by atoms with Crippen molar-refractivity contribution in [2.75, 3.05) is 38.2 Å². The van der Waals surface area contributed by atoms with Gasteiger partial charge in [0.1, 0.15) is 12.4 Å². The predicted octanol–water partition coefficient (Wildman–Crippen LogP) is 3.86. The molecule has 0 aliphatic carbocycles. The molecule has 0 aromatic heterocycles. The Morgan fingerprint density at radius 3 is 2.43 bits per heavy atom. The second kappa shape index (κ2) is 12.7. The average Bonchev–Trinajstić information content (AvgIpc) is 2.91. The summed E-state index contributed by atoms with van der Waals surface area (Å²) in [5, 5.41) is 5.89. The number of carbonyl (C=O) groups excluding carboxylic acids is 2. The summed E-state index contributed by atoms with van der Waals surface area (Å²) in [5.41, 5.74) is 3.22. The maximum Gasteiger partial charge on any atom is 0.251 e. The van der Waals surface area contributed by atoms with Crippen LogP contribution in [0.2, 0.25) is 0 Å². The van der Waals surface area contributed by atoms with E-state index in [9.17, 15) is 9.59 Å². The van der Waals surface area contributed by atoms with Crippen LogP contribution in [0.1, 0.15) is 27.9 Å². The molecule has 0 bridgehead atoms. The summed E-state index contributed by atoms with van der Waals surface area (Å²) >= 11 is 0. The van der Waals surface area contributed by atoms with E-state index < -0.39 is 0 Å². The largest absolute Gasteiger partial charge is 0.489 e. The molecule has 0 unspecified atom stereocenters. The summed E-state index contributed by atoms with van der Waals surface area (Å²) in [6.07, 6.45) is 0.438. The number of nitrogens with one attached hydrogen (secondary N) is 2. The fourth-order valence-corrected chi connectivity index (χ4v) is 3.79. The predicted molar refractivity (Wildman–Crippen MR) is 135 cm³/mol. The Hall–Kier alpha value is -3.68. The molecular formula is C28H31N3O4. The molecule has 1 saturated heterocycles. The number of hydrogen-bond acceptors (Lipinski definition) is 5. The standard InChI is InChI=1S/C28H31N3O4/c32-27(13-14-31-15-17-34-18-16-31)30-25-6-4-5-23(19-25)20-29-28(33)24-11-9-22(10-12-24)21-35-26-7-2-1-3-8-26/h1-12,19H,13-18,20-21H2,(H,29,33)(H,30,32). The van der Waals surface area contributed by atoms with Crippen LogP contribution < -0.4 is 15.4 Å². The molecule has 3 aromatic rings. The third-order valence-corrected chi connectivity index (χ3v) is 5.79. The van der Waals surface area contributed by atoms with E-state index in [1.165, 1.54) is 0 Å². The summed E-state index contributed by atoms with van der Waals surface area (Å²) < 4.78 is 11.1. The normalized spacial score (nSPS) is 13.7. The van der Waals surface area contributed by atoms with E-state index in [-0.39, 0.29) is 11.8 Å². The molecule has 4 rings (SSSR count). The summed E-state index contributed by atoms with van der Waals surface area (Å²) in [6, 6.07) is 24.5. The first-order valence-electron chi connectivity index (χ1n) is 11.9. The van der Waals surface area contributed by atoms with E-state index in [0.29, 0.717) is 25.1 Å². The number of rotatable bonds is 10. The fraction of sp³-hybridized carbons (Fsp3) is 0.286. The van der Waals surface area contributed by atoms with Crippen molar-refractivity contribution in [3.63, 3.8) is 0 Å². The van der Waals surface area contributed by atoms with Crippen molar-refractivity contribution >= 4 is 17.5 Å². The van der Waals surface area contributed by atoms with Crippen LogP contribution in [0.3, 0.4) is 0 Å². The number of carbonyl (C=O) groups is 2. The van der Waals surface area contributed by atoms with Crippen molar-refractivity contribution in [3.05, 3.63) is 95.6 Å². The van der Waals surface area contributed by atoms with Gasteiger partial charge in [0, 0.05) is 43.9 Å². The van der Waals surface area contributed by atoms with Gasteiger partial charge in [0.25, 0.3) is 5.91 Å². The van der Waals surface area contributed by atoms with Gasteiger partial charge in [-0.15, -0.1) is 0 Å². The molecule has 35 heavy (non-hydrogen) atoms. The highest BCUT2D eigenvalue weighted by Gasteiger charge is 2.12. The third kappa shape index (κ3) is 7.95. The fourth-order valence-electron chi connectivity index (χ4n) is 3.79. The van der Waals surface area contributed by atoms with Crippen LogP contribution in [0.25, 0.3) is 0 Å². The molecular weight excluding hydrogens is 442 g/mol. The van der Waals surface area contributed by atoms with Gasteiger partial charge in [0.15, 0.2) is 0 Å². The number of para-hydroxylation sites is 1. The van der Waals surface area contributed by atoms with E-state index in [0.717, 1.165) is 55.4 Å². The van der Waals surface area contributed by atoms with Crippen LogP contribution in [-0.4, -0.2) is 49.6 Å². The second-order valence-electron chi connectivity index (χ2n) is 8.43. The molecule has 1 aliphatic rings. The maximum absolute atomic E-state index is 12.6. The van der Waals surface area contributed by atoms with Crippen LogP contribution in [0.5, 0.6) is 5.75 Å². The van der Waals surface area contributed by atoms with Crippen molar-refractivity contribution in [1.82, 2.24) is 10.2 Å². The molecule has 0 atom stereocenters. The van der Waals surface area contributed by atoms with Gasteiger partial charge in [-0.2, -0.15) is 0 Å². The van der Waals surface area contributed by atoms with Gasteiger partial charge in [-0.3, -0.25) is 14.5 Å². The van der Waals surface area contributed by atoms with Gasteiger partial charge < -0.3 is 20.1 Å². The molecule has 2 amide bonds. The number of benzene rings is 3. The van der Waals surface area contributed by atoms with Crippen LogP contribution in [0.4, 0.5) is 5.69 Å². The minimum Gasteiger partial charge on any atom is -0.489 e. The van der Waals surface area contributed by atoms with Crippen molar-refractivity contribution < 1.29 is 19.1 Å². The van der Waals surface area contributed by atoms with Gasteiger partial charge in [0.2, 0.25) is 5.91 Å². The van der Waals surface area contributed by atoms with E-state index in [1.807, 2.05) is 66.7 Å². The summed E-state index contributed by atoms with van der Waals surface area (Å²) in [4.78, 5) is 27.1. The van der Waals surface area contributed by atoms with E-state index >= 15 is 0 Å². The Morgan fingerprint density at radius 1 is 0.886 bits per heavy atom. The van der Waals surface area contributed by atoms with E-state index in [4.69, 9.17) is 9.47 Å². The first-order valence-corrected chi connectivity index (χ1v) is 11.9. The Morgan fingerprint density at radius 2 is 1.66 bits per heavy atom. The van der Waals surface area contributed by atoms with Crippen LogP contribution in [-0.2, 0) is 22.7 Å². The number of ether oxygens (including phenoxy) is 2. The summed E-state index contributed by atoms with van der Waals surface area (Å²) in [7, 11) is 0. The monoisotopic (exact) mass is 473 g/mol. The van der Waals surface area contributed by atoms with Gasteiger partial charge in [-0.05, 0) is 47.5 Å². The molecule has 7 heteroatoms. The number of morpholine rings is 1. The minimum atomic E-state index is -0.152. The lowest BCUT2D eigenvalue weighted by atomic mass is 10.1. The molecule has 3 aromatic carbocycles. The average molecular weight is 474 g/mol. The van der Waals surface area contributed by atoms with Gasteiger partial charge in [-0.1, -0.05) is 42.5 Å². The maximum atomic E-state index is 12.6. The van der Waals surface area contributed by atoms with Gasteiger partial charge in [0.05, 0.1) is 13.2 Å². The smallest absolute Gasteiger partial charge is 0.251 e. The zero-order valence-corrected chi connectivity index (χ0v) is 19.7. The van der Waals surface area contributed by atoms with Crippen LogP contribution in [0.15, 0.2) is 78.9 Å². The number of hydrogen-bond donors (Lipinski definition) is 2. The van der Waals surface area contributed by atoms with Gasteiger partial charge >= 0.3 is 0 Å². The number of nitrogens with zero attached hydrogens (tertiary/aromatic N) is 1. The lowest BCUT2D eigenvalue weighted by molar-refractivity contribution is -0.116. The van der Waals surface area contributed by atoms with Crippen LogP contribution >= 0.6 is 0 Å². The molecule has 7 nitrogen and oxygen atoms in total.